The number of hydrogen-bond donors (Lipinski definition) is 6. The normalized spacial score (nSPS) is 12.9. The number of nitrogens with one attached hydrogen (secondary N) is 6. The van der Waals surface area contributed by atoms with Crippen LogP contribution in [0.5, 0.6) is 0 Å². The molecule has 2 aromatic carbocycles. The first-order valence-electron chi connectivity index (χ1n) is 10.5. The fraction of sp³-hybridized carbons (Fsp3) is 0.190. The van der Waals surface area contributed by atoms with E-state index < -0.39 is 0 Å². The van der Waals surface area contributed by atoms with Crippen LogP contribution in [0.15, 0.2) is 60.7 Å². The van der Waals surface area contributed by atoms with Gasteiger partial charge in [0.25, 0.3) is 0 Å². The molecule has 11 nitrogen and oxygen atoms in total. The monoisotopic (exact) mass is 496 g/mol. The fourth-order valence-corrected chi connectivity index (χ4v) is 3.31. The van der Waals surface area contributed by atoms with Gasteiger partial charge in [0.2, 0.25) is 17.8 Å². The minimum Gasteiger partial charge on any atom is -0.378 e. The van der Waals surface area contributed by atoms with Crippen LogP contribution < -0.4 is 37.2 Å². The number of rotatable bonds is 7. The highest BCUT2D eigenvalue weighted by molar-refractivity contribution is 7.80. The van der Waals surface area contributed by atoms with E-state index >= 15 is 0 Å². The lowest BCUT2D eigenvalue weighted by atomic mass is 10.3. The topological polar surface area (TPSA) is 123 Å². The number of nitrogens with zero attached hydrogens (tertiary/aromatic N) is 4. The lowest BCUT2D eigenvalue weighted by Crippen LogP contribution is -2.39. The van der Waals surface area contributed by atoms with Gasteiger partial charge in [0.1, 0.15) is 0 Å². The molecule has 34 heavy (non-hydrogen) atoms. The highest BCUT2D eigenvalue weighted by Gasteiger charge is 2.17. The molecule has 2 heterocycles. The van der Waals surface area contributed by atoms with E-state index in [4.69, 9.17) is 29.2 Å². The third kappa shape index (κ3) is 7.10. The highest BCUT2D eigenvalue weighted by Crippen LogP contribution is 2.14. The van der Waals surface area contributed by atoms with Gasteiger partial charge in [0.15, 0.2) is 10.2 Å². The van der Waals surface area contributed by atoms with Gasteiger partial charge in [0.05, 0.1) is 13.2 Å². The van der Waals surface area contributed by atoms with Crippen LogP contribution in [0.1, 0.15) is 0 Å². The number of thiocarbonyl (C=S) groups is 2. The van der Waals surface area contributed by atoms with Crippen LogP contribution in [-0.4, -0.2) is 51.5 Å². The van der Waals surface area contributed by atoms with E-state index in [9.17, 15) is 0 Å². The first kappa shape index (κ1) is 23.4. The second-order valence-electron chi connectivity index (χ2n) is 7.02. The summed E-state index contributed by atoms with van der Waals surface area (Å²) in [6, 6.07) is 19.2. The maximum atomic E-state index is 5.43. The standard InChI is InChI=1S/C21H24N10OS2/c33-20(22-15-7-3-1-4-8-15)29-27-17-24-18(26-19(25-17)31-11-13-32-14-12-31)28-30-21(34)23-16-9-5-2-6-10-16/h1-10H,11-14H2,(H2,22,29,33)(H2,23,30,34)(H2,24,25,26,27,28). The zero-order chi connectivity index (χ0) is 23.6. The summed E-state index contributed by atoms with van der Waals surface area (Å²) in [5.74, 6) is 1.05. The number of anilines is 5. The molecule has 0 unspecified atom stereocenters. The molecule has 1 aliphatic rings. The summed E-state index contributed by atoms with van der Waals surface area (Å²) in [6.07, 6.45) is 0. The molecule has 0 amide bonds. The Morgan fingerprint density at radius 2 is 1.18 bits per heavy atom. The van der Waals surface area contributed by atoms with Crippen molar-refractivity contribution >= 4 is 63.9 Å². The van der Waals surface area contributed by atoms with Gasteiger partial charge >= 0.3 is 0 Å². The van der Waals surface area contributed by atoms with Gasteiger partial charge < -0.3 is 20.3 Å². The molecule has 6 N–H and O–H groups in total. The molecule has 176 valence electrons. The Labute approximate surface area is 207 Å². The van der Waals surface area contributed by atoms with E-state index in [0.717, 1.165) is 11.4 Å². The number of hydrogen-bond acceptors (Lipinski definition) is 9. The van der Waals surface area contributed by atoms with Crippen LogP contribution in [0.2, 0.25) is 0 Å². The smallest absolute Gasteiger partial charge is 0.248 e. The summed E-state index contributed by atoms with van der Waals surface area (Å²) in [6.45, 7) is 2.55. The number of aromatic nitrogens is 3. The van der Waals surface area contributed by atoms with Gasteiger partial charge in [-0.15, -0.1) is 0 Å². The van der Waals surface area contributed by atoms with Crippen LogP contribution in [0.25, 0.3) is 0 Å². The molecule has 1 aromatic heterocycles. The van der Waals surface area contributed by atoms with Crippen molar-refractivity contribution in [1.29, 1.82) is 0 Å². The summed E-state index contributed by atoms with van der Waals surface area (Å²) >= 11 is 10.7. The quantitative estimate of drug-likeness (QED) is 0.212. The highest BCUT2D eigenvalue weighted by atomic mass is 32.1. The van der Waals surface area contributed by atoms with E-state index in [2.05, 4.69) is 47.3 Å². The Hall–Kier alpha value is -3.81. The van der Waals surface area contributed by atoms with E-state index in [1.165, 1.54) is 0 Å². The molecule has 4 rings (SSSR count). The van der Waals surface area contributed by atoms with E-state index in [1.807, 2.05) is 65.6 Å². The maximum Gasteiger partial charge on any atom is 0.248 e. The number of para-hydroxylation sites is 2. The molecule has 3 aromatic rings. The molecule has 13 heteroatoms. The Balaban J connectivity index is 1.40. The SMILES string of the molecule is S=C(NNc1nc(NNC(=S)Nc2ccccc2)nc(N2CCOCC2)n1)Nc1ccccc1. The summed E-state index contributed by atoms with van der Waals surface area (Å²) in [5.41, 5.74) is 13.3. The average Bonchev–Trinajstić information content (AvgIpc) is 2.88. The van der Waals surface area contributed by atoms with Crippen molar-refractivity contribution in [3.63, 3.8) is 0 Å². The Morgan fingerprint density at radius 3 is 1.65 bits per heavy atom. The van der Waals surface area contributed by atoms with E-state index in [0.29, 0.717) is 42.5 Å². The van der Waals surface area contributed by atoms with Crippen molar-refractivity contribution in [3.8, 4) is 0 Å². The largest absolute Gasteiger partial charge is 0.378 e. The van der Waals surface area contributed by atoms with Crippen molar-refractivity contribution in [2.75, 3.05) is 52.7 Å². The lowest BCUT2D eigenvalue weighted by Gasteiger charge is -2.27. The van der Waals surface area contributed by atoms with Gasteiger partial charge in [0, 0.05) is 24.5 Å². The molecule has 0 saturated carbocycles. The molecule has 1 saturated heterocycles. The maximum absolute atomic E-state index is 5.43. The minimum atomic E-state index is 0.278. The minimum absolute atomic E-state index is 0.278. The lowest BCUT2D eigenvalue weighted by molar-refractivity contribution is 0.122. The molecular formula is C21H24N10OS2. The van der Waals surface area contributed by atoms with E-state index in [1.54, 1.807) is 0 Å². The third-order valence-electron chi connectivity index (χ3n) is 4.56. The molecule has 0 aliphatic carbocycles. The van der Waals surface area contributed by atoms with Crippen LogP contribution in [-0.2, 0) is 4.74 Å². The van der Waals surface area contributed by atoms with Gasteiger partial charge in [-0.1, -0.05) is 36.4 Å². The Kier molecular flexibility index (Phi) is 8.16. The Bertz CT molecular complexity index is 1020. The van der Waals surface area contributed by atoms with Crippen molar-refractivity contribution in [2.45, 2.75) is 0 Å². The molecular weight excluding hydrogens is 472 g/mol. The average molecular weight is 497 g/mol. The second-order valence-corrected chi connectivity index (χ2v) is 7.84. The van der Waals surface area contributed by atoms with Crippen LogP contribution in [0.4, 0.5) is 29.2 Å². The molecule has 0 spiro atoms. The fourth-order valence-electron chi connectivity index (χ4n) is 2.97. The summed E-state index contributed by atoms with van der Waals surface area (Å²) in [7, 11) is 0. The Morgan fingerprint density at radius 1 is 0.706 bits per heavy atom. The summed E-state index contributed by atoms with van der Waals surface area (Å²) < 4.78 is 5.43. The molecule has 0 radical (unpaired) electrons. The first-order chi connectivity index (χ1) is 16.7. The van der Waals surface area contributed by atoms with Gasteiger partial charge in [-0.25, -0.2) is 0 Å². The number of morpholine rings is 1. The molecule has 0 bridgehead atoms. The van der Waals surface area contributed by atoms with Crippen LogP contribution in [0.3, 0.4) is 0 Å². The summed E-state index contributed by atoms with van der Waals surface area (Å²) in [4.78, 5) is 15.4. The van der Waals surface area contributed by atoms with Crippen molar-refractivity contribution in [2.24, 2.45) is 0 Å². The zero-order valence-corrected chi connectivity index (χ0v) is 19.7. The van der Waals surface area contributed by atoms with Crippen molar-refractivity contribution in [1.82, 2.24) is 25.8 Å². The third-order valence-corrected chi connectivity index (χ3v) is 4.96. The van der Waals surface area contributed by atoms with Crippen LogP contribution in [0, 0.1) is 0 Å². The summed E-state index contributed by atoms with van der Waals surface area (Å²) in [5, 5.41) is 6.87. The number of benzene rings is 2. The predicted molar refractivity (Wildman–Crippen MR) is 142 cm³/mol. The molecule has 1 aliphatic heterocycles. The number of ether oxygens (including phenoxy) is 1. The predicted octanol–water partition coefficient (Wildman–Crippen LogP) is 2.34. The second kappa shape index (κ2) is 11.9. The zero-order valence-electron chi connectivity index (χ0n) is 18.1. The first-order valence-corrected chi connectivity index (χ1v) is 11.3. The van der Waals surface area contributed by atoms with Gasteiger partial charge in [-0.05, 0) is 48.7 Å². The van der Waals surface area contributed by atoms with Gasteiger partial charge in [-0.3, -0.25) is 21.7 Å². The van der Waals surface area contributed by atoms with E-state index in [-0.39, 0.29) is 11.9 Å². The molecule has 0 atom stereocenters. The van der Waals surface area contributed by atoms with Crippen molar-refractivity contribution in [3.05, 3.63) is 60.7 Å². The number of hydrazine groups is 2. The van der Waals surface area contributed by atoms with Crippen LogP contribution >= 0.6 is 24.4 Å². The van der Waals surface area contributed by atoms with Crippen molar-refractivity contribution < 1.29 is 4.74 Å². The van der Waals surface area contributed by atoms with Gasteiger partial charge in [-0.2, -0.15) is 15.0 Å². The molecule has 1 fully saturated rings.